The van der Waals surface area contributed by atoms with E-state index in [1.165, 1.54) is 86.2 Å². The standard InChI is InChI=1S/2C50H40N2O4/c2*1-53-43-23-15-37(16-24-43)51(38-17-25-44(54-2)26-18-38)41-13-11-33-5-7-35-9-10-36-8-6-34-12-14-42(32-48(34)50(36)49(35)47(33)31-41)52(39-19-27-45(55-3)28-20-39)40-21-29-46(56-4)30-22-40/h2*5-32H,1-4H3. The zero-order chi connectivity index (χ0) is 76.3. The van der Waals surface area contributed by atoms with Gasteiger partial charge >= 0.3 is 0 Å². The summed E-state index contributed by atoms with van der Waals surface area (Å²) in [7, 11) is 13.5. The minimum Gasteiger partial charge on any atom is -0.497 e. The molecule has 0 aliphatic rings. The molecule has 0 N–H and O–H groups in total. The molecule has 12 heteroatoms. The third-order valence-corrected chi connectivity index (χ3v) is 21.2. The fourth-order valence-corrected chi connectivity index (χ4v) is 15.5. The van der Waals surface area contributed by atoms with Crippen molar-refractivity contribution in [3.63, 3.8) is 0 Å². The van der Waals surface area contributed by atoms with Gasteiger partial charge in [-0.05, 0) is 329 Å². The third kappa shape index (κ3) is 13.5. The van der Waals surface area contributed by atoms with Crippen molar-refractivity contribution in [3.05, 3.63) is 340 Å². The molecule has 18 aromatic rings. The van der Waals surface area contributed by atoms with E-state index in [-0.39, 0.29) is 0 Å². The molecule has 0 atom stereocenters. The predicted molar refractivity (Wildman–Crippen MR) is 464 cm³/mol. The van der Waals surface area contributed by atoms with Crippen molar-refractivity contribution < 1.29 is 37.9 Å². The molecule has 0 heterocycles. The Morgan fingerprint density at radius 2 is 0.250 bits per heavy atom. The normalized spacial score (nSPS) is 11.2. The molecule has 112 heavy (non-hydrogen) atoms. The molecule has 0 aliphatic heterocycles. The molecule has 0 spiro atoms. The number of benzene rings is 18. The summed E-state index contributed by atoms with van der Waals surface area (Å²) >= 11 is 0. The van der Waals surface area contributed by atoms with Crippen molar-refractivity contribution in [2.45, 2.75) is 0 Å². The first-order valence-corrected chi connectivity index (χ1v) is 37.1. The van der Waals surface area contributed by atoms with Crippen LogP contribution in [-0.2, 0) is 0 Å². The highest BCUT2D eigenvalue weighted by Gasteiger charge is 2.22. The molecule has 0 saturated carbocycles. The monoisotopic (exact) mass is 1460 g/mol. The number of hydrogen-bond acceptors (Lipinski definition) is 12. The summed E-state index contributed by atoms with van der Waals surface area (Å²) < 4.78 is 44.1. The lowest BCUT2D eigenvalue weighted by Crippen LogP contribution is -2.10. The van der Waals surface area contributed by atoms with Crippen molar-refractivity contribution >= 4 is 154 Å². The lowest BCUT2D eigenvalue weighted by Gasteiger charge is -2.27. The molecule has 0 aliphatic carbocycles. The van der Waals surface area contributed by atoms with Crippen molar-refractivity contribution in [3.8, 4) is 46.0 Å². The minimum absolute atomic E-state index is 0.809. The molecular formula is C100H80N4O8. The first-order chi connectivity index (χ1) is 55.1. The fraction of sp³-hybridized carbons (Fsp3) is 0.0800. The molecule has 0 saturated heterocycles. The third-order valence-electron chi connectivity index (χ3n) is 21.2. The van der Waals surface area contributed by atoms with E-state index in [1.54, 1.807) is 56.9 Å². The van der Waals surface area contributed by atoms with Gasteiger partial charge in [-0.2, -0.15) is 0 Å². The maximum Gasteiger partial charge on any atom is 0.119 e. The van der Waals surface area contributed by atoms with Crippen molar-refractivity contribution in [1.82, 2.24) is 0 Å². The lowest BCUT2D eigenvalue weighted by atomic mass is 9.92. The number of ether oxygens (including phenoxy) is 8. The summed E-state index contributed by atoms with van der Waals surface area (Å²) in [5.74, 6) is 6.47. The van der Waals surface area contributed by atoms with Gasteiger partial charge in [-0.25, -0.2) is 0 Å². The van der Waals surface area contributed by atoms with Crippen LogP contribution in [0.15, 0.2) is 340 Å². The highest BCUT2D eigenvalue weighted by atomic mass is 16.5. The molecule has 0 radical (unpaired) electrons. The highest BCUT2D eigenvalue weighted by molar-refractivity contribution is 6.30. The van der Waals surface area contributed by atoms with Crippen LogP contribution in [0, 0.1) is 0 Å². The Morgan fingerprint density at radius 1 is 0.134 bits per heavy atom. The Labute approximate surface area is 650 Å². The molecule has 0 aromatic heterocycles. The van der Waals surface area contributed by atoms with Crippen LogP contribution in [0.4, 0.5) is 68.2 Å². The highest BCUT2D eigenvalue weighted by Crippen LogP contribution is 2.48. The number of rotatable bonds is 20. The number of nitrogens with zero attached hydrogens (tertiary/aromatic N) is 4. The number of methoxy groups -OCH3 is 8. The summed E-state index contributed by atoms with van der Waals surface area (Å²) in [6.07, 6.45) is 0. The summed E-state index contributed by atoms with van der Waals surface area (Å²) in [5, 5.41) is 19.0. The van der Waals surface area contributed by atoms with Crippen LogP contribution < -0.4 is 57.5 Å². The topological polar surface area (TPSA) is 86.8 Å². The zero-order valence-electron chi connectivity index (χ0n) is 63.4. The van der Waals surface area contributed by atoms with Crippen LogP contribution in [0.5, 0.6) is 46.0 Å². The molecule has 0 bridgehead atoms. The number of anilines is 12. The van der Waals surface area contributed by atoms with Crippen LogP contribution >= 0.6 is 0 Å². The average Bonchev–Trinajstić information content (AvgIpc) is 0.735. The zero-order valence-corrected chi connectivity index (χ0v) is 63.4. The Hall–Kier alpha value is -14.4. The van der Waals surface area contributed by atoms with Gasteiger partial charge in [0.05, 0.1) is 56.9 Å². The van der Waals surface area contributed by atoms with Gasteiger partial charge in [-0.15, -0.1) is 0 Å². The van der Waals surface area contributed by atoms with E-state index in [0.29, 0.717) is 0 Å². The minimum atomic E-state index is 0.809. The summed E-state index contributed by atoms with van der Waals surface area (Å²) in [6.45, 7) is 0. The Kier molecular flexibility index (Phi) is 19.4. The molecular weight excluding hydrogens is 1390 g/mol. The van der Waals surface area contributed by atoms with E-state index in [4.69, 9.17) is 37.9 Å². The van der Waals surface area contributed by atoms with Gasteiger partial charge in [-0.1, -0.05) is 97.1 Å². The quantitative estimate of drug-likeness (QED) is 0.0681. The fourth-order valence-electron chi connectivity index (χ4n) is 15.5. The summed E-state index contributed by atoms with van der Waals surface area (Å²) in [5.41, 5.74) is 12.3. The van der Waals surface area contributed by atoms with Crippen LogP contribution in [0.25, 0.3) is 86.2 Å². The average molecular weight is 1470 g/mol. The Bertz CT molecular complexity index is 5460. The molecule has 12 nitrogen and oxygen atoms in total. The molecule has 0 amide bonds. The van der Waals surface area contributed by atoms with E-state index in [2.05, 4.69) is 262 Å². The van der Waals surface area contributed by atoms with Gasteiger partial charge < -0.3 is 57.5 Å². The van der Waals surface area contributed by atoms with E-state index < -0.39 is 0 Å². The van der Waals surface area contributed by atoms with Crippen LogP contribution in [0.2, 0.25) is 0 Å². The second-order valence-electron chi connectivity index (χ2n) is 27.3. The molecule has 0 fully saturated rings. The van der Waals surface area contributed by atoms with Gasteiger partial charge in [-0.3, -0.25) is 0 Å². The van der Waals surface area contributed by atoms with Gasteiger partial charge in [0.1, 0.15) is 46.0 Å². The number of hydrogen-bond donors (Lipinski definition) is 0. The maximum atomic E-state index is 5.52. The van der Waals surface area contributed by atoms with E-state index in [0.717, 1.165) is 114 Å². The van der Waals surface area contributed by atoms with Crippen LogP contribution in [0.1, 0.15) is 0 Å². The van der Waals surface area contributed by atoms with Gasteiger partial charge in [0.2, 0.25) is 0 Å². The molecule has 548 valence electrons. The summed E-state index contributed by atoms with van der Waals surface area (Å²) in [6, 6.07) is 119. The van der Waals surface area contributed by atoms with Crippen molar-refractivity contribution in [1.29, 1.82) is 0 Å². The Morgan fingerprint density at radius 3 is 0.384 bits per heavy atom. The van der Waals surface area contributed by atoms with Crippen LogP contribution in [-0.4, -0.2) is 56.9 Å². The lowest BCUT2D eigenvalue weighted by molar-refractivity contribution is 0.414. The largest absolute Gasteiger partial charge is 0.497 e. The van der Waals surface area contributed by atoms with E-state index in [1.807, 2.05) is 97.1 Å². The molecule has 18 aromatic carbocycles. The molecule has 0 unspecified atom stereocenters. The second kappa shape index (κ2) is 30.7. The predicted octanol–water partition coefficient (Wildman–Crippen LogP) is 26.5. The van der Waals surface area contributed by atoms with E-state index in [9.17, 15) is 0 Å². The van der Waals surface area contributed by atoms with Crippen molar-refractivity contribution in [2.24, 2.45) is 0 Å². The maximum absolute atomic E-state index is 5.52. The summed E-state index contributed by atoms with van der Waals surface area (Å²) in [4.78, 5) is 9.11. The second-order valence-corrected chi connectivity index (χ2v) is 27.3. The van der Waals surface area contributed by atoms with Gasteiger partial charge in [0.15, 0.2) is 0 Å². The van der Waals surface area contributed by atoms with Crippen LogP contribution in [0.3, 0.4) is 0 Å². The van der Waals surface area contributed by atoms with Crippen molar-refractivity contribution in [2.75, 3.05) is 76.5 Å². The first-order valence-electron chi connectivity index (χ1n) is 37.1. The van der Waals surface area contributed by atoms with Gasteiger partial charge in [0.25, 0.3) is 0 Å². The van der Waals surface area contributed by atoms with Gasteiger partial charge in [0, 0.05) is 68.2 Å². The Balaban J connectivity index is 0.000000163. The SMILES string of the molecule is COc1ccc(N(c2ccc(OC)cc2)c2ccc3ccc4ccc5ccc6ccc(N(c7ccc(OC)cc7)c7ccc(OC)cc7)cc6c5c4c3c2)cc1.COc1ccc(N(c2ccc(OC)cc2)c2ccc3ccc4ccc5ccc6ccc(N(c7ccc(OC)cc7)c7ccc(OC)cc7)cc6c5c4c3c2)cc1. The smallest absolute Gasteiger partial charge is 0.119 e. The first kappa shape index (κ1) is 70.6. The van der Waals surface area contributed by atoms with E-state index >= 15 is 0 Å². The number of fused-ring (bicyclic) bond motifs is 14. The molecule has 18 rings (SSSR count).